The Hall–Kier alpha value is -2.01. The third-order valence-corrected chi connectivity index (χ3v) is 3.73. The number of aliphatic hydroxyl groups is 1. The molecular formula is C16H22N2O3. The lowest BCUT2D eigenvalue weighted by atomic mass is 10.0. The Kier molecular flexibility index (Phi) is 4.85. The Morgan fingerprint density at radius 3 is 2.71 bits per heavy atom. The summed E-state index contributed by atoms with van der Waals surface area (Å²) in [5.74, 6) is 1.82. The number of ether oxygens (including phenoxy) is 1. The van der Waals surface area contributed by atoms with E-state index < -0.39 is 0 Å². The predicted molar refractivity (Wildman–Crippen MR) is 80.6 cm³/mol. The first-order valence-electron chi connectivity index (χ1n) is 7.08. The van der Waals surface area contributed by atoms with Crippen LogP contribution < -0.4 is 4.74 Å². The van der Waals surface area contributed by atoms with Crippen molar-refractivity contribution in [2.75, 3.05) is 6.61 Å². The molecule has 0 atom stereocenters. The summed E-state index contributed by atoms with van der Waals surface area (Å²) >= 11 is 0. The van der Waals surface area contributed by atoms with E-state index in [4.69, 9.17) is 9.84 Å². The number of hydrogen-bond acceptors (Lipinski definition) is 4. The first kappa shape index (κ1) is 15.4. The van der Waals surface area contributed by atoms with Crippen LogP contribution in [-0.4, -0.2) is 26.4 Å². The van der Waals surface area contributed by atoms with E-state index in [1.54, 1.807) is 12.3 Å². The number of benzene rings is 1. The molecule has 5 nitrogen and oxygen atoms in total. The van der Waals surface area contributed by atoms with Crippen LogP contribution in [0.3, 0.4) is 0 Å². The van der Waals surface area contributed by atoms with Gasteiger partial charge in [-0.15, -0.1) is 0 Å². The second kappa shape index (κ2) is 6.63. The average Bonchev–Trinajstić information content (AvgIpc) is 2.91. The maximum Gasteiger partial charge on any atom is 0.134 e. The van der Waals surface area contributed by atoms with E-state index in [0.717, 1.165) is 35.4 Å². The molecule has 0 amide bonds. The maximum atomic E-state index is 9.77. The first-order valence-corrected chi connectivity index (χ1v) is 7.08. The number of aromatic hydroxyl groups is 1. The quantitative estimate of drug-likeness (QED) is 0.802. The van der Waals surface area contributed by atoms with Gasteiger partial charge in [-0.3, -0.25) is 0 Å². The van der Waals surface area contributed by atoms with Crippen LogP contribution in [0.4, 0.5) is 0 Å². The Balaban J connectivity index is 1.94. The monoisotopic (exact) mass is 290 g/mol. The highest BCUT2D eigenvalue weighted by atomic mass is 16.5. The summed E-state index contributed by atoms with van der Waals surface area (Å²) in [4.78, 5) is 4.07. The highest BCUT2D eigenvalue weighted by Gasteiger charge is 2.10. The molecule has 5 heteroatoms. The van der Waals surface area contributed by atoms with Gasteiger partial charge in [0.05, 0.1) is 6.61 Å². The SMILES string of the molecule is Cc1cc(O)c(C)c(C)c1OCCCn1ccnc1CO. The van der Waals surface area contributed by atoms with E-state index >= 15 is 0 Å². The summed E-state index contributed by atoms with van der Waals surface area (Å²) in [6.07, 6.45) is 4.36. The van der Waals surface area contributed by atoms with Gasteiger partial charge in [-0.2, -0.15) is 0 Å². The van der Waals surface area contributed by atoms with Gasteiger partial charge in [-0.05, 0) is 49.9 Å². The van der Waals surface area contributed by atoms with Gasteiger partial charge in [-0.1, -0.05) is 0 Å². The van der Waals surface area contributed by atoms with Gasteiger partial charge in [0.25, 0.3) is 0 Å². The van der Waals surface area contributed by atoms with Crippen LogP contribution in [-0.2, 0) is 13.2 Å². The average molecular weight is 290 g/mol. The third-order valence-electron chi connectivity index (χ3n) is 3.73. The van der Waals surface area contributed by atoms with E-state index in [1.807, 2.05) is 31.5 Å². The van der Waals surface area contributed by atoms with Crippen molar-refractivity contribution in [3.05, 3.63) is 41.0 Å². The summed E-state index contributed by atoms with van der Waals surface area (Å²) in [5, 5.41) is 18.9. The van der Waals surface area contributed by atoms with Gasteiger partial charge >= 0.3 is 0 Å². The number of aryl methyl sites for hydroxylation is 2. The number of phenols is 1. The van der Waals surface area contributed by atoms with Crippen LogP contribution >= 0.6 is 0 Å². The van der Waals surface area contributed by atoms with Crippen molar-refractivity contribution in [2.45, 2.75) is 40.3 Å². The third kappa shape index (κ3) is 3.36. The topological polar surface area (TPSA) is 67.5 Å². The lowest BCUT2D eigenvalue weighted by Gasteiger charge is -2.15. The van der Waals surface area contributed by atoms with Gasteiger partial charge in [0.1, 0.15) is 23.9 Å². The normalized spacial score (nSPS) is 10.9. The fraction of sp³-hybridized carbons (Fsp3) is 0.438. The molecule has 0 aliphatic heterocycles. The lowest BCUT2D eigenvalue weighted by Crippen LogP contribution is -2.08. The molecule has 0 aliphatic carbocycles. The summed E-state index contributed by atoms with van der Waals surface area (Å²) in [6, 6.07) is 1.73. The van der Waals surface area contributed by atoms with Crippen molar-refractivity contribution < 1.29 is 14.9 Å². The Bertz CT molecular complexity index is 620. The van der Waals surface area contributed by atoms with Gasteiger partial charge in [0.15, 0.2) is 0 Å². The predicted octanol–water partition coefficient (Wildman–Crippen LogP) is 2.48. The van der Waals surface area contributed by atoms with E-state index in [0.29, 0.717) is 18.2 Å². The molecule has 2 N–H and O–H groups in total. The van der Waals surface area contributed by atoms with Crippen LogP contribution in [0.5, 0.6) is 11.5 Å². The molecule has 0 fully saturated rings. The number of nitrogens with zero attached hydrogens (tertiary/aromatic N) is 2. The second-order valence-electron chi connectivity index (χ2n) is 5.19. The van der Waals surface area contributed by atoms with Crippen LogP contribution in [0, 0.1) is 20.8 Å². The smallest absolute Gasteiger partial charge is 0.134 e. The fourth-order valence-corrected chi connectivity index (χ4v) is 2.36. The molecule has 2 rings (SSSR count). The Labute approximate surface area is 124 Å². The molecule has 0 radical (unpaired) electrons. The summed E-state index contributed by atoms with van der Waals surface area (Å²) in [7, 11) is 0. The zero-order valence-electron chi connectivity index (χ0n) is 12.8. The number of phenolic OH excluding ortho intramolecular Hbond substituents is 1. The van der Waals surface area contributed by atoms with Gasteiger partial charge in [0, 0.05) is 18.9 Å². The van der Waals surface area contributed by atoms with Crippen LogP contribution in [0.15, 0.2) is 18.5 Å². The minimum atomic E-state index is -0.0524. The minimum absolute atomic E-state index is 0.0524. The molecule has 1 aromatic heterocycles. The Morgan fingerprint density at radius 2 is 2.00 bits per heavy atom. The molecule has 0 spiro atoms. The molecule has 21 heavy (non-hydrogen) atoms. The molecule has 0 saturated heterocycles. The Morgan fingerprint density at radius 1 is 1.24 bits per heavy atom. The number of aliphatic hydroxyl groups excluding tert-OH is 1. The maximum absolute atomic E-state index is 9.77. The standard InChI is InChI=1S/C16H22N2O3/c1-11-9-14(20)12(2)13(3)16(11)21-8-4-6-18-7-5-17-15(18)10-19/h5,7,9,19-20H,4,6,8,10H2,1-3H3. The zero-order chi connectivity index (χ0) is 15.4. The molecule has 0 bridgehead atoms. The van der Waals surface area contributed by atoms with E-state index in [1.165, 1.54) is 0 Å². The minimum Gasteiger partial charge on any atom is -0.508 e. The molecule has 1 heterocycles. The second-order valence-corrected chi connectivity index (χ2v) is 5.19. The summed E-state index contributed by atoms with van der Waals surface area (Å²) in [5.41, 5.74) is 2.77. The molecule has 1 aromatic carbocycles. The lowest BCUT2D eigenvalue weighted by molar-refractivity contribution is 0.259. The molecule has 0 unspecified atom stereocenters. The highest BCUT2D eigenvalue weighted by molar-refractivity contribution is 5.51. The molecule has 114 valence electrons. The van der Waals surface area contributed by atoms with Crippen molar-refractivity contribution in [2.24, 2.45) is 0 Å². The summed E-state index contributed by atoms with van der Waals surface area (Å²) in [6.45, 7) is 7.05. The number of aromatic nitrogens is 2. The van der Waals surface area contributed by atoms with E-state index in [-0.39, 0.29) is 6.61 Å². The number of rotatable bonds is 6. The van der Waals surface area contributed by atoms with Crippen molar-refractivity contribution in [1.82, 2.24) is 9.55 Å². The molecule has 0 aliphatic rings. The van der Waals surface area contributed by atoms with Crippen LogP contribution in [0.1, 0.15) is 28.9 Å². The van der Waals surface area contributed by atoms with Crippen molar-refractivity contribution in [3.63, 3.8) is 0 Å². The number of imidazole rings is 1. The van der Waals surface area contributed by atoms with Crippen LogP contribution in [0.2, 0.25) is 0 Å². The van der Waals surface area contributed by atoms with Gasteiger partial charge < -0.3 is 19.5 Å². The van der Waals surface area contributed by atoms with Crippen molar-refractivity contribution in [1.29, 1.82) is 0 Å². The number of hydrogen-bond donors (Lipinski definition) is 2. The molecule has 0 saturated carbocycles. The molecular weight excluding hydrogens is 268 g/mol. The first-order chi connectivity index (χ1) is 10.0. The fourth-order valence-electron chi connectivity index (χ4n) is 2.36. The van der Waals surface area contributed by atoms with Crippen LogP contribution in [0.25, 0.3) is 0 Å². The van der Waals surface area contributed by atoms with Gasteiger partial charge in [0.2, 0.25) is 0 Å². The summed E-state index contributed by atoms with van der Waals surface area (Å²) < 4.78 is 7.79. The molecule has 2 aromatic rings. The van der Waals surface area contributed by atoms with E-state index in [9.17, 15) is 5.11 Å². The van der Waals surface area contributed by atoms with Crippen molar-refractivity contribution >= 4 is 0 Å². The zero-order valence-corrected chi connectivity index (χ0v) is 12.8. The van der Waals surface area contributed by atoms with E-state index in [2.05, 4.69) is 4.98 Å². The van der Waals surface area contributed by atoms with Gasteiger partial charge in [-0.25, -0.2) is 4.98 Å². The van der Waals surface area contributed by atoms with Crippen molar-refractivity contribution in [3.8, 4) is 11.5 Å². The largest absolute Gasteiger partial charge is 0.508 e. The highest BCUT2D eigenvalue weighted by Crippen LogP contribution is 2.32.